The highest BCUT2D eigenvalue weighted by atomic mass is 32.1. The van der Waals surface area contributed by atoms with E-state index in [9.17, 15) is 14.4 Å². The van der Waals surface area contributed by atoms with Crippen LogP contribution in [0.25, 0.3) is 4.96 Å². The number of nitrogens with zero attached hydrogens (tertiary/aromatic N) is 2. The zero-order chi connectivity index (χ0) is 15.2. The molecule has 0 saturated carbocycles. The standard InChI is InChI=1S/C12H14N4O4S/c1-2-20-10(18)7-14-9(17)6-13-8-5-15-12-16(11(8)19)3-4-21-12/h3-5,13H,2,6-7H2,1H3,(H,14,17). The Morgan fingerprint density at radius 2 is 2.24 bits per heavy atom. The third-order valence-corrected chi connectivity index (χ3v) is 3.29. The van der Waals surface area contributed by atoms with Crippen LogP contribution >= 0.6 is 11.3 Å². The molecule has 9 heteroatoms. The van der Waals surface area contributed by atoms with Crippen LogP contribution in [0, 0.1) is 0 Å². The number of ether oxygens (including phenoxy) is 1. The van der Waals surface area contributed by atoms with Crippen molar-refractivity contribution < 1.29 is 14.3 Å². The van der Waals surface area contributed by atoms with Gasteiger partial charge in [-0.25, -0.2) is 4.98 Å². The topological polar surface area (TPSA) is 102 Å². The van der Waals surface area contributed by atoms with E-state index >= 15 is 0 Å². The van der Waals surface area contributed by atoms with E-state index in [1.165, 1.54) is 21.9 Å². The number of aromatic nitrogens is 2. The fraction of sp³-hybridized carbons (Fsp3) is 0.333. The number of hydrogen-bond donors (Lipinski definition) is 2. The molecule has 0 aliphatic heterocycles. The first-order valence-corrected chi connectivity index (χ1v) is 7.11. The number of esters is 1. The van der Waals surface area contributed by atoms with E-state index in [-0.39, 0.29) is 30.9 Å². The van der Waals surface area contributed by atoms with Crippen LogP contribution in [0.3, 0.4) is 0 Å². The summed E-state index contributed by atoms with van der Waals surface area (Å²) in [6.07, 6.45) is 2.99. The molecule has 2 rings (SSSR count). The second-order valence-corrected chi connectivity index (χ2v) is 4.84. The summed E-state index contributed by atoms with van der Waals surface area (Å²) < 4.78 is 6.07. The number of carbonyl (C=O) groups is 2. The van der Waals surface area contributed by atoms with Crippen molar-refractivity contribution in [3.05, 3.63) is 28.1 Å². The van der Waals surface area contributed by atoms with Crippen LogP contribution in [0.5, 0.6) is 0 Å². The summed E-state index contributed by atoms with van der Waals surface area (Å²) in [7, 11) is 0. The lowest BCUT2D eigenvalue weighted by molar-refractivity contribution is -0.143. The molecule has 1 amide bonds. The fourth-order valence-electron chi connectivity index (χ4n) is 1.57. The van der Waals surface area contributed by atoms with Crippen molar-refractivity contribution in [3.63, 3.8) is 0 Å². The van der Waals surface area contributed by atoms with Crippen molar-refractivity contribution in [2.75, 3.05) is 25.0 Å². The van der Waals surface area contributed by atoms with Gasteiger partial charge in [0.05, 0.1) is 19.3 Å². The van der Waals surface area contributed by atoms with Gasteiger partial charge in [0.1, 0.15) is 12.2 Å². The molecule has 0 spiro atoms. The lowest BCUT2D eigenvalue weighted by atomic mass is 10.4. The maximum atomic E-state index is 12.0. The second kappa shape index (κ2) is 6.84. The maximum Gasteiger partial charge on any atom is 0.325 e. The molecule has 2 N–H and O–H groups in total. The molecule has 8 nitrogen and oxygen atoms in total. The molecule has 21 heavy (non-hydrogen) atoms. The Morgan fingerprint density at radius 3 is 3.00 bits per heavy atom. The molecular weight excluding hydrogens is 296 g/mol. The number of carbonyl (C=O) groups excluding carboxylic acids is 2. The molecule has 0 aromatic carbocycles. The van der Waals surface area contributed by atoms with E-state index in [1.54, 1.807) is 18.5 Å². The van der Waals surface area contributed by atoms with Crippen LogP contribution in [0.15, 0.2) is 22.6 Å². The van der Waals surface area contributed by atoms with Crippen molar-refractivity contribution >= 4 is 33.9 Å². The number of nitrogens with one attached hydrogen (secondary N) is 2. The van der Waals surface area contributed by atoms with Crippen LogP contribution in [0.1, 0.15) is 6.92 Å². The number of thiazole rings is 1. The monoisotopic (exact) mass is 310 g/mol. The van der Waals surface area contributed by atoms with Crippen molar-refractivity contribution in [2.45, 2.75) is 6.92 Å². The minimum atomic E-state index is -0.507. The lowest BCUT2D eigenvalue weighted by Gasteiger charge is -2.07. The van der Waals surface area contributed by atoms with Crippen molar-refractivity contribution in [2.24, 2.45) is 0 Å². The van der Waals surface area contributed by atoms with E-state index < -0.39 is 11.9 Å². The molecule has 2 aromatic heterocycles. The van der Waals surface area contributed by atoms with Gasteiger partial charge in [-0.3, -0.25) is 18.8 Å². The van der Waals surface area contributed by atoms with Crippen LogP contribution in [-0.4, -0.2) is 41.0 Å². The van der Waals surface area contributed by atoms with E-state index in [0.29, 0.717) is 4.96 Å². The second-order valence-electron chi connectivity index (χ2n) is 3.97. The van der Waals surface area contributed by atoms with Crippen LogP contribution in [0.4, 0.5) is 5.69 Å². The third-order valence-electron chi connectivity index (χ3n) is 2.52. The molecular formula is C12H14N4O4S. The first kappa shape index (κ1) is 15.0. The van der Waals surface area contributed by atoms with Gasteiger partial charge in [0.25, 0.3) is 5.56 Å². The quantitative estimate of drug-likeness (QED) is 0.719. The Labute approximate surface area is 123 Å². The molecule has 0 radical (unpaired) electrons. The predicted octanol–water partition coefficient (Wildman–Crippen LogP) is -0.153. The summed E-state index contributed by atoms with van der Waals surface area (Å²) in [6.45, 7) is 1.61. The highest BCUT2D eigenvalue weighted by molar-refractivity contribution is 7.15. The fourth-order valence-corrected chi connectivity index (χ4v) is 2.24. The van der Waals surface area contributed by atoms with E-state index in [2.05, 4.69) is 20.4 Å². The van der Waals surface area contributed by atoms with Gasteiger partial charge in [0.15, 0.2) is 4.96 Å². The normalized spacial score (nSPS) is 10.3. The van der Waals surface area contributed by atoms with Crippen molar-refractivity contribution in [1.29, 1.82) is 0 Å². The Bertz CT molecular complexity index is 709. The Morgan fingerprint density at radius 1 is 1.43 bits per heavy atom. The average Bonchev–Trinajstić information content (AvgIpc) is 2.94. The summed E-state index contributed by atoms with van der Waals surface area (Å²) in [5, 5.41) is 6.83. The average molecular weight is 310 g/mol. The van der Waals surface area contributed by atoms with Crippen LogP contribution in [0.2, 0.25) is 0 Å². The Balaban J connectivity index is 1.89. The Hall–Kier alpha value is -2.42. The molecule has 0 atom stereocenters. The number of amides is 1. The first-order chi connectivity index (χ1) is 10.1. The van der Waals surface area contributed by atoms with E-state index in [1.807, 2.05) is 0 Å². The summed E-state index contributed by atoms with van der Waals surface area (Å²) in [5.74, 6) is -0.926. The van der Waals surface area contributed by atoms with Gasteiger partial charge in [-0.2, -0.15) is 0 Å². The molecule has 0 bridgehead atoms. The summed E-state index contributed by atoms with van der Waals surface area (Å²) in [5.41, 5.74) is -0.0587. The predicted molar refractivity (Wildman–Crippen MR) is 77.5 cm³/mol. The first-order valence-electron chi connectivity index (χ1n) is 6.23. The molecule has 0 unspecified atom stereocenters. The maximum absolute atomic E-state index is 12.0. The molecule has 2 heterocycles. The lowest BCUT2D eigenvalue weighted by Crippen LogP contribution is -2.35. The third kappa shape index (κ3) is 3.78. The number of anilines is 1. The number of fused-ring (bicyclic) bond motifs is 1. The summed E-state index contributed by atoms with van der Waals surface area (Å²) in [4.78, 5) is 39.3. The van der Waals surface area contributed by atoms with E-state index in [0.717, 1.165) is 0 Å². The molecule has 0 aliphatic carbocycles. The summed E-state index contributed by atoms with van der Waals surface area (Å²) >= 11 is 1.34. The van der Waals surface area contributed by atoms with Gasteiger partial charge in [0.2, 0.25) is 5.91 Å². The van der Waals surface area contributed by atoms with Crippen LogP contribution in [-0.2, 0) is 14.3 Å². The molecule has 0 saturated heterocycles. The minimum absolute atomic E-state index is 0.132. The van der Waals surface area contributed by atoms with Gasteiger partial charge in [0, 0.05) is 11.6 Å². The smallest absolute Gasteiger partial charge is 0.325 e. The largest absolute Gasteiger partial charge is 0.465 e. The molecule has 0 aliphatic rings. The molecule has 112 valence electrons. The van der Waals surface area contributed by atoms with Gasteiger partial charge in [-0.05, 0) is 6.92 Å². The summed E-state index contributed by atoms with van der Waals surface area (Å²) in [6, 6.07) is 0. The number of rotatable bonds is 6. The highest BCUT2D eigenvalue weighted by Crippen LogP contribution is 2.07. The van der Waals surface area contributed by atoms with Crippen LogP contribution < -0.4 is 16.2 Å². The zero-order valence-electron chi connectivity index (χ0n) is 11.3. The zero-order valence-corrected chi connectivity index (χ0v) is 12.1. The van der Waals surface area contributed by atoms with Gasteiger partial charge < -0.3 is 15.4 Å². The van der Waals surface area contributed by atoms with E-state index in [4.69, 9.17) is 0 Å². The highest BCUT2D eigenvalue weighted by Gasteiger charge is 2.09. The van der Waals surface area contributed by atoms with Gasteiger partial charge >= 0.3 is 5.97 Å². The minimum Gasteiger partial charge on any atom is -0.465 e. The Kier molecular flexibility index (Phi) is 4.88. The van der Waals surface area contributed by atoms with Gasteiger partial charge in [-0.15, -0.1) is 11.3 Å². The van der Waals surface area contributed by atoms with Gasteiger partial charge in [-0.1, -0.05) is 0 Å². The SMILES string of the molecule is CCOC(=O)CNC(=O)CNc1cnc2sccn2c1=O. The van der Waals surface area contributed by atoms with Crippen molar-refractivity contribution in [1.82, 2.24) is 14.7 Å². The molecule has 2 aromatic rings. The molecule has 0 fully saturated rings. The van der Waals surface area contributed by atoms with Crippen molar-refractivity contribution in [3.8, 4) is 0 Å². The number of hydrogen-bond acceptors (Lipinski definition) is 7.